The molecule has 0 aliphatic heterocycles. The minimum Gasteiger partial charge on any atom is -0.480 e. The fourth-order valence-corrected chi connectivity index (χ4v) is 2.62. The van der Waals surface area contributed by atoms with Crippen LogP contribution in [0.3, 0.4) is 0 Å². The van der Waals surface area contributed by atoms with Crippen LogP contribution in [0.4, 0.5) is 10.5 Å². The molecule has 0 fully saturated rings. The first-order chi connectivity index (χ1) is 11.4. The highest BCUT2D eigenvalue weighted by molar-refractivity contribution is 9.10. The lowest BCUT2D eigenvalue weighted by Gasteiger charge is -2.16. The van der Waals surface area contributed by atoms with Crippen molar-refractivity contribution < 1.29 is 14.7 Å². The van der Waals surface area contributed by atoms with Crippen LogP contribution < -0.4 is 10.6 Å². The number of aryl methyl sites for hydroxylation is 2. The summed E-state index contributed by atoms with van der Waals surface area (Å²) < 4.78 is 0.987. The number of carboxylic acid groups (broad SMARTS) is 1. The van der Waals surface area contributed by atoms with Crippen LogP contribution in [0, 0.1) is 13.8 Å². The second-order valence-corrected chi connectivity index (χ2v) is 6.40. The molecule has 2 aromatic carbocycles. The Morgan fingerprint density at radius 3 is 2.25 bits per heavy atom. The molecule has 3 N–H and O–H groups in total. The average Bonchev–Trinajstić information content (AvgIpc) is 2.52. The molecule has 2 aromatic rings. The largest absolute Gasteiger partial charge is 0.480 e. The summed E-state index contributed by atoms with van der Waals surface area (Å²) in [7, 11) is 0. The minimum absolute atomic E-state index is 0.224. The molecule has 0 aliphatic carbocycles. The van der Waals surface area contributed by atoms with Gasteiger partial charge in [-0.15, -0.1) is 0 Å². The number of benzene rings is 2. The average molecular weight is 391 g/mol. The Morgan fingerprint density at radius 2 is 1.71 bits per heavy atom. The molecule has 0 aromatic heterocycles. The maximum atomic E-state index is 12.1. The van der Waals surface area contributed by atoms with Crippen LogP contribution in [0.25, 0.3) is 0 Å². The fraction of sp³-hybridized carbons (Fsp3) is 0.222. The summed E-state index contributed by atoms with van der Waals surface area (Å²) >= 11 is 3.47. The molecule has 5 nitrogen and oxygen atoms in total. The first-order valence-electron chi connectivity index (χ1n) is 7.48. The van der Waals surface area contributed by atoms with E-state index in [1.165, 1.54) is 0 Å². The third-order valence-corrected chi connectivity index (χ3v) is 4.83. The van der Waals surface area contributed by atoms with Gasteiger partial charge in [-0.3, -0.25) is 0 Å². The quantitative estimate of drug-likeness (QED) is 0.724. The van der Waals surface area contributed by atoms with Crippen molar-refractivity contribution in [2.45, 2.75) is 26.3 Å². The Labute approximate surface area is 149 Å². The highest BCUT2D eigenvalue weighted by atomic mass is 79.9. The number of carbonyl (C=O) groups is 2. The zero-order valence-corrected chi connectivity index (χ0v) is 15.1. The highest BCUT2D eigenvalue weighted by Crippen LogP contribution is 2.24. The Balaban J connectivity index is 2.04. The lowest BCUT2D eigenvalue weighted by Crippen LogP contribution is -2.44. The predicted octanol–water partition coefficient (Wildman–Crippen LogP) is 3.88. The van der Waals surface area contributed by atoms with Gasteiger partial charge in [0.05, 0.1) is 0 Å². The molecular formula is C18H19BrN2O3. The van der Waals surface area contributed by atoms with Crippen LogP contribution in [0.1, 0.15) is 16.7 Å². The molecule has 0 saturated carbocycles. The number of carbonyl (C=O) groups excluding carboxylic acids is 1. The Kier molecular flexibility index (Phi) is 5.98. The first-order valence-corrected chi connectivity index (χ1v) is 8.27. The van der Waals surface area contributed by atoms with Gasteiger partial charge in [-0.05, 0) is 42.7 Å². The summed E-state index contributed by atoms with van der Waals surface area (Å²) in [6.07, 6.45) is 0.224. The summed E-state index contributed by atoms with van der Waals surface area (Å²) in [6.45, 7) is 3.85. The van der Waals surface area contributed by atoms with Gasteiger partial charge in [-0.1, -0.05) is 46.3 Å². The molecule has 0 unspecified atom stereocenters. The monoisotopic (exact) mass is 390 g/mol. The van der Waals surface area contributed by atoms with Crippen molar-refractivity contribution in [3.63, 3.8) is 0 Å². The molecule has 0 saturated heterocycles. The molecule has 126 valence electrons. The molecule has 0 heterocycles. The van der Waals surface area contributed by atoms with E-state index in [1.807, 2.05) is 56.3 Å². The van der Waals surface area contributed by atoms with Crippen molar-refractivity contribution in [3.05, 3.63) is 63.6 Å². The smallest absolute Gasteiger partial charge is 0.326 e. The van der Waals surface area contributed by atoms with Crippen molar-refractivity contribution in [1.82, 2.24) is 5.32 Å². The van der Waals surface area contributed by atoms with Crippen LogP contribution >= 0.6 is 15.9 Å². The number of anilines is 1. The van der Waals surface area contributed by atoms with E-state index in [0.717, 1.165) is 21.2 Å². The van der Waals surface area contributed by atoms with Gasteiger partial charge in [0.15, 0.2) is 0 Å². The van der Waals surface area contributed by atoms with E-state index >= 15 is 0 Å². The van der Waals surface area contributed by atoms with Crippen molar-refractivity contribution in [2.24, 2.45) is 0 Å². The number of urea groups is 1. The third kappa shape index (κ3) is 4.83. The van der Waals surface area contributed by atoms with Gasteiger partial charge in [-0.2, -0.15) is 0 Å². The molecule has 6 heteroatoms. The van der Waals surface area contributed by atoms with Crippen LogP contribution in [0.2, 0.25) is 0 Å². The van der Waals surface area contributed by atoms with Gasteiger partial charge < -0.3 is 15.7 Å². The summed E-state index contributed by atoms with van der Waals surface area (Å²) in [5.74, 6) is -1.07. The second-order valence-electron chi connectivity index (χ2n) is 5.60. The van der Waals surface area contributed by atoms with Crippen molar-refractivity contribution >= 4 is 33.6 Å². The number of carboxylic acids is 1. The second kappa shape index (κ2) is 7.97. The molecule has 0 spiro atoms. The van der Waals surface area contributed by atoms with E-state index in [2.05, 4.69) is 26.6 Å². The van der Waals surface area contributed by atoms with Gasteiger partial charge in [0, 0.05) is 16.6 Å². The summed E-state index contributed by atoms with van der Waals surface area (Å²) in [5.41, 5.74) is 3.45. The minimum atomic E-state index is -1.07. The standard InChI is InChI=1S/C18H19BrN2O3/c1-11-8-14(9-12(2)16(11)19)20-18(24)21-15(17(22)23)10-13-6-4-3-5-7-13/h3-9,15H,10H2,1-2H3,(H,22,23)(H2,20,21,24)/t15-/m0/s1. The molecule has 2 rings (SSSR count). The lowest BCUT2D eigenvalue weighted by atomic mass is 10.1. The number of amides is 2. The number of aliphatic carboxylic acids is 1. The topological polar surface area (TPSA) is 78.4 Å². The molecule has 24 heavy (non-hydrogen) atoms. The summed E-state index contributed by atoms with van der Waals surface area (Å²) in [5, 5.41) is 14.5. The van der Waals surface area contributed by atoms with Crippen molar-refractivity contribution in [3.8, 4) is 0 Å². The molecule has 0 radical (unpaired) electrons. The zero-order chi connectivity index (χ0) is 17.7. The normalized spacial score (nSPS) is 11.6. The van der Waals surface area contributed by atoms with E-state index in [1.54, 1.807) is 0 Å². The zero-order valence-electron chi connectivity index (χ0n) is 13.5. The maximum Gasteiger partial charge on any atom is 0.326 e. The van der Waals surface area contributed by atoms with Gasteiger partial charge in [-0.25, -0.2) is 9.59 Å². The molecule has 2 amide bonds. The van der Waals surface area contributed by atoms with E-state index < -0.39 is 18.0 Å². The van der Waals surface area contributed by atoms with E-state index in [4.69, 9.17) is 0 Å². The third-order valence-electron chi connectivity index (χ3n) is 3.58. The first kappa shape index (κ1) is 18.0. The van der Waals surface area contributed by atoms with E-state index in [-0.39, 0.29) is 6.42 Å². The predicted molar refractivity (Wildman–Crippen MR) is 97.3 cm³/mol. The molecule has 1 atom stereocenters. The van der Waals surface area contributed by atoms with Crippen LogP contribution in [0.5, 0.6) is 0 Å². The Morgan fingerprint density at radius 1 is 1.12 bits per heavy atom. The van der Waals surface area contributed by atoms with Gasteiger partial charge in [0.2, 0.25) is 0 Å². The lowest BCUT2D eigenvalue weighted by molar-refractivity contribution is -0.139. The van der Waals surface area contributed by atoms with E-state index in [0.29, 0.717) is 5.69 Å². The molecule has 0 aliphatic rings. The van der Waals surface area contributed by atoms with Gasteiger partial charge in [0.1, 0.15) is 6.04 Å². The summed E-state index contributed by atoms with van der Waals surface area (Å²) in [4.78, 5) is 23.5. The highest BCUT2D eigenvalue weighted by Gasteiger charge is 2.20. The Bertz CT molecular complexity index is 724. The van der Waals surface area contributed by atoms with Gasteiger partial charge in [0.25, 0.3) is 0 Å². The van der Waals surface area contributed by atoms with Crippen molar-refractivity contribution in [2.75, 3.05) is 5.32 Å². The number of rotatable bonds is 5. The molecule has 0 bridgehead atoms. The fourth-order valence-electron chi connectivity index (χ4n) is 2.39. The SMILES string of the molecule is Cc1cc(NC(=O)N[C@@H](Cc2ccccc2)C(=O)O)cc(C)c1Br. The van der Waals surface area contributed by atoms with Crippen molar-refractivity contribution in [1.29, 1.82) is 0 Å². The Hall–Kier alpha value is -2.34. The van der Waals surface area contributed by atoms with E-state index in [9.17, 15) is 14.7 Å². The van der Waals surface area contributed by atoms with Crippen LogP contribution in [-0.2, 0) is 11.2 Å². The van der Waals surface area contributed by atoms with Crippen LogP contribution in [-0.4, -0.2) is 23.1 Å². The number of halogens is 1. The molecular weight excluding hydrogens is 372 g/mol. The number of hydrogen-bond donors (Lipinski definition) is 3. The van der Waals surface area contributed by atoms with Gasteiger partial charge >= 0.3 is 12.0 Å². The summed E-state index contributed by atoms with van der Waals surface area (Å²) in [6, 6.07) is 11.3. The number of nitrogens with one attached hydrogen (secondary N) is 2. The maximum absolute atomic E-state index is 12.1. The number of hydrogen-bond acceptors (Lipinski definition) is 2. The van der Waals surface area contributed by atoms with Crippen LogP contribution in [0.15, 0.2) is 46.9 Å².